The highest BCUT2D eigenvalue weighted by molar-refractivity contribution is 5.79. The van der Waals surface area contributed by atoms with Crippen LogP contribution in [0.25, 0.3) is 0 Å². The maximum atomic E-state index is 14.0. The molecule has 0 radical (unpaired) electrons. The van der Waals surface area contributed by atoms with Gasteiger partial charge in [-0.2, -0.15) is 0 Å². The summed E-state index contributed by atoms with van der Waals surface area (Å²) < 4.78 is 129. The lowest BCUT2D eigenvalue weighted by Gasteiger charge is -2.54. The first-order valence-electron chi connectivity index (χ1n) is 47.0. The molecule has 64 nitrogen and oxygen atoms in total. The summed E-state index contributed by atoms with van der Waals surface area (Å²) in [4.78, 5) is 123. The van der Waals surface area contributed by atoms with Gasteiger partial charge < -0.3 is 264 Å². The standard InChI is InChI=1S/C84H137N7O57/c1-20(72(121)122)86-44-67(63(140-79-54(116)51(113)48(110)37(16-94)134-79)39(18-96)136-78(44)143-68-56(118)61(34(107)19-128-29(10)102)139-81(58(68)120)144-69-55(117)60(33(106)14-92)138-80(57(69)119)132-35-12-31(104)74(125)137-62(35)52(114)53(115)73(123)124)142-82-71(146-75-42(89-26(7)99)50(112)47(109)36(15-93)133-75)70(49(111)38(17-95)135-82)145-76-43(90-27(8)100)65(46(108)22(3)129-76)141-77-45(91-28(9)101)66(131-30(11)103)59(23(4)130-77)147-84(83(126)127)13-32(105)41(87-24(5)85)64(148-84)40(21(2)97)88-25(6)98/h20-23,31-71,74-82,86,92-97,104-120,125H,12-19H2,1-11H3,(H2,85,87)(H,88,98)(H,89,99)(H,90,100)(H,91,101)(H,121,122)(H,123,124)(H,126,127). The van der Waals surface area contributed by atoms with Gasteiger partial charge in [0.25, 0.3) is 5.79 Å². The van der Waals surface area contributed by atoms with Gasteiger partial charge in [0.2, 0.25) is 23.6 Å². The number of nitrogens with two attached hydrogens (primary N) is 1. The SMILES string of the molecule is CC(=O)NC1C(OC2C(OC3C(NC(C)C(=O)O)C(OC4C(O)C(OC5C(O)C(OC6CC(O)C(O)OC6C(O)C(O)C(=O)O)OC(C(O)CO)C5O)OC(C(O)COC(C)=O)C4O)OC(CO)C3OC3OC(CO)C(O)C(O)C3O)OC(CO)C(O)C2OC2OC(C)C(O)C(OC3OC(C)C(OC4(C(=O)O)CC(O)C(N=C(C)N)C(C(NC(C)=O)C(C)O)O4)C(OC(C)=O)C3NC(C)=O)C2NC(C)=O)OC(CO)C(O)C1O. The lowest BCUT2D eigenvalue weighted by Crippen LogP contribution is -2.73. The van der Waals surface area contributed by atoms with Gasteiger partial charge in [-0.3, -0.25) is 43.9 Å². The van der Waals surface area contributed by atoms with Crippen molar-refractivity contribution < 1.29 is 281 Å². The molecule has 850 valence electrons. The molecule has 0 aliphatic carbocycles. The second-order valence-corrected chi connectivity index (χ2v) is 37.5. The number of aliphatic imine (C=N–C) groups is 1. The van der Waals surface area contributed by atoms with Crippen molar-refractivity contribution in [1.29, 1.82) is 0 Å². The second kappa shape index (κ2) is 52.9. The number of amides is 4. The van der Waals surface area contributed by atoms with Gasteiger partial charge in [0.05, 0.1) is 81.5 Å². The van der Waals surface area contributed by atoms with E-state index < -0.39 is 443 Å². The molecule has 10 fully saturated rings. The van der Waals surface area contributed by atoms with Crippen LogP contribution >= 0.6 is 0 Å². The molecule has 4 amide bonds. The summed E-state index contributed by atoms with van der Waals surface area (Å²) in [6, 6.07) is -14.1. The van der Waals surface area contributed by atoms with Crippen molar-refractivity contribution in [2.75, 3.05) is 39.6 Å². The summed E-state index contributed by atoms with van der Waals surface area (Å²) in [6.45, 7) is 3.17. The van der Waals surface area contributed by atoms with E-state index in [0.717, 1.165) is 55.4 Å². The van der Waals surface area contributed by atoms with E-state index in [1.54, 1.807) is 0 Å². The summed E-state index contributed by atoms with van der Waals surface area (Å²) in [5, 5.41) is 321. The molecule has 0 spiro atoms. The van der Waals surface area contributed by atoms with Crippen LogP contribution in [0.5, 0.6) is 0 Å². The van der Waals surface area contributed by atoms with E-state index in [9.17, 15) is 181 Å². The Kier molecular flexibility index (Phi) is 43.9. The van der Waals surface area contributed by atoms with Crippen LogP contribution in [0.4, 0.5) is 0 Å². The molecule has 0 aromatic rings. The fourth-order valence-electron chi connectivity index (χ4n) is 18.9. The molecular weight excluding hydrogens is 2020 g/mol. The zero-order chi connectivity index (χ0) is 110. The van der Waals surface area contributed by atoms with E-state index >= 15 is 0 Å². The molecular formula is C84H137N7O57. The zero-order valence-corrected chi connectivity index (χ0v) is 81.2. The van der Waals surface area contributed by atoms with Crippen LogP contribution in [0.2, 0.25) is 0 Å². The fraction of sp³-hybridized carbons (Fsp3) is 0.881. The van der Waals surface area contributed by atoms with E-state index in [2.05, 4.69) is 31.6 Å². The van der Waals surface area contributed by atoms with Gasteiger partial charge in [0.15, 0.2) is 68.8 Å². The highest BCUT2D eigenvalue weighted by Crippen LogP contribution is 2.45. The Balaban J connectivity index is 1.11. The molecule has 0 saturated carbocycles. The van der Waals surface area contributed by atoms with Gasteiger partial charge in [-0.1, -0.05) is 0 Å². The number of ether oxygens (including phenoxy) is 21. The largest absolute Gasteiger partial charge is 0.480 e. The van der Waals surface area contributed by atoms with E-state index in [1.165, 1.54) is 20.8 Å². The maximum Gasteiger partial charge on any atom is 0.364 e. The molecule has 10 saturated heterocycles. The van der Waals surface area contributed by atoms with Gasteiger partial charge in [0, 0.05) is 54.4 Å². The molecule has 55 unspecified atom stereocenters. The number of aliphatic carboxylic acids is 3. The molecule has 0 aromatic heterocycles. The predicted molar refractivity (Wildman–Crippen MR) is 464 cm³/mol. The molecule has 34 N–H and O–H groups in total. The molecule has 0 bridgehead atoms. The molecule has 64 heteroatoms. The number of carbonyl (C=O) groups excluding carboxylic acids is 6. The van der Waals surface area contributed by atoms with Gasteiger partial charge in [-0.05, 0) is 34.6 Å². The normalized spacial score (nSPS) is 44.0. The van der Waals surface area contributed by atoms with Gasteiger partial charge in [-0.15, -0.1) is 0 Å². The van der Waals surface area contributed by atoms with E-state index in [0.29, 0.717) is 0 Å². The number of aliphatic hydroxyl groups excluding tert-OH is 24. The van der Waals surface area contributed by atoms with Crippen molar-refractivity contribution in [1.82, 2.24) is 26.6 Å². The van der Waals surface area contributed by atoms with E-state index in [-0.39, 0.29) is 5.84 Å². The Labute approximate surface area is 839 Å². The number of esters is 2. The third-order valence-corrected chi connectivity index (χ3v) is 26.2. The number of hydrogen-bond acceptors (Lipinski definition) is 56. The van der Waals surface area contributed by atoms with Crippen molar-refractivity contribution in [3.8, 4) is 0 Å². The van der Waals surface area contributed by atoms with Gasteiger partial charge in [-0.25, -0.2) is 9.59 Å². The van der Waals surface area contributed by atoms with Crippen molar-refractivity contribution in [2.45, 2.75) is 426 Å². The number of amidine groups is 1. The lowest BCUT2D eigenvalue weighted by atomic mass is 9.87. The summed E-state index contributed by atoms with van der Waals surface area (Å²) >= 11 is 0. The first kappa shape index (κ1) is 123. The first-order chi connectivity index (χ1) is 69.4. The van der Waals surface area contributed by atoms with E-state index in [1.807, 2.05) is 0 Å². The smallest absolute Gasteiger partial charge is 0.364 e. The average Bonchev–Trinajstić information content (AvgIpc) is 0.748. The molecule has 0 aromatic carbocycles. The summed E-state index contributed by atoms with van der Waals surface area (Å²) in [6.07, 6.45) is -111. The third kappa shape index (κ3) is 28.4. The minimum atomic E-state index is -3.14. The van der Waals surface area contributed by atoms with Crippen LogP contribution in [0.3, 0.4) is 0 Å². The average molecular weight is 2160 g/mol. The third-order valence-electron chi connectivity index (χ3n) is 26.2. The molecule has 10 aliphatic rings. The number of nitrogens with zero attached hydrogens (tertiary/aromatic N) is 1. The number of carbonyl (C=O) groups is 9. The Morgan fingerprint density at radius 1 is 0.412 bits per heavy atom. The monoisotopic (exact) mass is 2160 g/mol. The lowest BCUT2D eigenvalue weighted by molar-refractivity contribution is -0.409. The van der Waals surface area contributed by atoms with Crippen LogP contribution in [0, 0.1) is 0 Å². The van der Waals surface area contributed by atoms with Crippen molar-refractivity contribution >= 4 is 59.3 Å². The number of aliphatic hydroxyl groups is 24. The van der Waals surface area contributed by atoms with Gasteiger partial charge >= 0.3 is 29.8 Å². The van der Waals surface area contributed by atoms with Crippen molar-refractivity contribution in [2.24, 2.45) is 10.7 Å². The Hall–Kier alpha value is -7.06. The number of carboxylic acid groups (broad SMARTS) is 3. The Morgan fingerprint density at radius 3 is 1.40 bits per heavy atom. The number of rotatable bonds is 42. The number of carboxylic acids is 3. The minimum Gasteiger partial charge on any atom is -0.480 e. The molecule has 10 heterocycles. The minimum absolute atomic E-state index is 0.200. The van der Waals surface area contributed by atoms with Crippen LogP contribution < -0.4 is 32.3 Å². The van der Waals surface area contributed by atoms with Crippen LogP contribution in [-0.2, 0) is 143 Å². The predicted octanol–water partition coefficient (Wildman–Crippen LogP) is -19.8. The Morgan fingerprint density at radius 2 is 0.878 bits per heavy atom. The number of nitrogens with one attached hydrogen (secondary N) is 5. The molecule has 10 rings (SSSR count). The highest BCUT2D eigenvalue weighted by Gasteiger charge is 2.66. The quantitative estimate of drug-likeness (QED) is 0.0153. The number of hydrogen-bond donors (Lipinski definition) is 33. The summed E-state index contributed by atoms with van der Waals surface area (Å²) in [5.41, 5.74) is 5.95. The van der Waals surface area contributed by atoms with Gasteiger partial charge in [0.1, 0.15) is 226 Å². The van der Waals surface area contributed by atoms with Crippen molar-refractivity contribution in [3.05, 3.63) is 0 Å². The van der Waals surface area contributed by atoms with Crippen LogP contribution in [0.15, 0.2) is 4.99 Å². The zero-order valence-electron chi connectivity index (χ0n) is 81.2. The first-order valence-corrected chi connectivity index (χ1v) is 47.0. The molecule has 55 atom stereocenters. The second-order valence-electron chi connectivity index (χ2n) is 37.5. The summed E-state index contributed by atoms with van der Waals surface area (Å²) in [5.74, 6) is -15.6. The van der Waals surface area contributed by atoms with Crippen LogP contribution in [0.1, 0.15) is 89.0 Å². The fourth-order valence-corrected chi connectivity index (χ4v) is 18.9. The summed E-state index contributed by atoms with van der Waals surface area (Å²) in [7, 11) is 0. The topological polar surface area (TPSA) is 992 Å². The van der Waals surface area contributed by atoms with Crippen molar-refractivity contribution in [3.63, 3.8) is 0 Å². The van der Waals surface area contributed by atoms with E-state index in [4.69, 9.17) is 105 Å². The molecule has 148 heavy (non-hydrogen) atoms. The molecule has 10 aliphatic heterocycles. The van der Waals surface area contributed by atoms with Crippen LogP contribution in [-0.4, -0.2) is 573 Å². The highest BCUT2D eigenvalue weighted by atomic mass is 16.8. The maximum absolute atomic E-state index is 14.0. The Bertz CT molecular complexity index is 4380.